The number of hydrogen-bond donors (Lipinski definition) is 1. The lowest BCUT2D eigenvalue weighted by atomic mass is 9.97. The third-order valence-electron chi connectivity index (χ3n) is 6.59. The molecule has 1 aliphatic rings. The van der Waals surface area contributed by atoms with Gasteiger partial charge in [0.2, 0.25) is 5.91 Å². The van der Waals surface area contributed by atoms with E-state index in [0.29, 0.717) is 16.5 Å². The Hall–Kier alpha value is -3.10. The predicted molar refractivity (Wildman–Crippen MR) is 130 cm³/mol. The van der Waals surface area contributed by atoms with E-state index in [1.54, 1.807) is 41.1 Å². The van der Waals surface area contributed by atoms with Crippen LogP contribution < -0.4 is 5.73 Å². The van der Waals surface area contributed by atoms with E-state index in [1.165, 1.54) is 24.0 Å². The summed E-state index contributed by atoms with van der Waals surface area (Å²) in [7, 11) is 0. The predicted octanol–water partition coefficient (Wildman–Crippen LogP) is 4.11. The Balaban J connectivity index is 1.55. The molecule has 0 aliphatic carbocycles. The number of rotatable bonds is 8. The van der Waals surface area contributed by atoms with Gasteiger partial charge in [-0.3, -0.25) is 14.4 Å². The maximum atomic E-state index is 15.2. The number of aromatic nitrogens is 1. The van der Waals surface area contributed by atoms with Crippen LogP contribution in [0.2, 0.25) is 5.02 Å². The van der Waals surface area contributed by atoms with Crippen molar-refractivity contribution in [2.24, 2.45) is 5.73 Å². The smallest absolute Gasteiger partial charge is 0.243 e. The maximum Gasteiger partial charge on any atom is 0.243 e. The Labute approximate surface area is 206 Å². The third kappa shape index (κ3) is 4.99. The van der Waals surface area contributed by atoms with Gasteiger partial charge < -0.3 is 15.2 Å². The van der Waals surface area contributed by atoms with E-state index in [0.717, 1.165) is 0 Å². The highest BCUT2D eigenvalue weighted by Gasteiger charge is 2.48. The molecule has 6 nitrogen and oxygen atoms in total. The van der Waals surface area contributed by atoms with Crippen LogP contribution in [0.5, 0.6) is 0 Å². The topological polar surface area (TPSA) is 85.4 Å². The average molecular weight is 502 g/mol. The van der Waals surface area contributed by atoms with Gasteiger partial charge in [-0.15, -0.1) is 0 Å². The van der Waals surface area contributed by atoms with Crippen LogP contribution in [-0.4, -0.2) is 51.7 Å². The van der Waals surface area contributed by atoms with Crippen LogP contribution >= 0.6 is 11.6 Å². The molecular weight excluding hydrogens is 476 g/mol. The molecular formula is C26H26ClF2N3O3. The van der Waals surface area contributed by atoms with E-state index in [-0.39, 0.29) is 61.0 Å². The minimum absolute atomic E-state index is 0.0394. The summed E-state index contributed by atoms with van der Waals surface area (Å²) in [4.78, 5) is 39.7. The summed E-state index contributed by atoms with van der Waals surface area (Å²) < 4.78 is 31.1. The van der Waals surface area contributed by atoms with Gasteiger partial charge in [-0.05, 0) is 31.0 Å². The van der Waals surface area contributed by atoms with E-state index in [9.17, 15) is 18.8 Å². The van der Waals surface area contributed by atoms with Crippen molar-refractivity contribution in [3.63, 3.8) is 0 Å². The molecule has 9 heteroatoms. The van der Waals surface area contributed by atoms with Gasteiger partial charge in [0.05, 0.1) is 17.6 Å². The molecule has 35 heavy (non-hydrogen) atoms. The van der Waals surface area contributed by atoms with Gasteiger partial charge in [-0.1, -0.05) is 41.9 Å². The first-order valence-corrected chi connectivity index (χ1v) is 11.7. The maximum absolute atomic E-state index is 15.2. The van der Waals surface area contributed by atoms with Gasteiger partial charge in [0, 0.05) is 42.0 Å². The second-order valence-electron chi connectivity index (χ2n) is 9.02. The van der Waals surface area contributed by atoms with Crippen LogP contribution in [0, 0.1) is 5.82 Å². The number of para-hydroxylation sites is 1. The number of hydrogen-bond acceptors (Lipinski definition) is 4. The molecule has 184 valence electrons. The van der Waals surface area contributed by atoms with Gasteiger partial charge >= 0.3 is 0 Å². The number of ketones is 2. The first-order chi connectivity index (χ1) is 16.6. The number of benzene rings is 2. The molecule has 0 spiro atoms. The molecule has 2 heterocycles. The Morgan fingerprint density at radius 1 is 1.17 bits per heavy atom. The van der Waals surface area contributed by atoms with Crippen molar-refractivity contribution in [3.8, 4) is 0 Å². The van der Waals surface area contributed by atoms with Crippen LogP contribution in [0.15, 0.2) is 48.7 Å². The monoisotopic (exact) mass is 501 g/mol. The number of nitrogens with two attached hydrogens (primary N) is 1. The van der Waals surface area contributed by atoms with Crippen LogP contribution in [0.25, 0.3) is 10.9 Å². The molecule has 1 aliphatic heterocycles. The minimum atomic E-state index is -1.89. The zero-order valence-corrected chi connectivity index (χ0v) is 20.0. The van der Waals surface area contributed by atoms with Gasteiger partial charge in [-0.25, -0.2) is 8.78 Å². The number of alkyl halides is 1. The molecule has 1 saturated heterocycles. The fraction of sp³-hybridized carbons (Fsp3) is 0.346. The zero-order chi connectivity index (χ0) is 25.3. The van der Waals surface area contributed by atoms with Crippen molar-refractivity contribution in [2.75, 3.05) is 13.1 Å². The van der Waals surface area contributed by atoms with E-state index in [2.05, 4.69) is 0 Å². The number of nitrogens with zero attached hydrogens (tertiary/aromatic N) is 2. The number of carbonyl (C=O) groups excluding carboxylic acids is 3. The summed E-state index contributed by atoms with van der Waals surface area (Å²) >= 11 is 5.82. The molecule has 3 aromatic rings. The molecule has 0 bridgehead atoms. The summed E-state index contributed by atoms with van der Waals surface area (Å²) in [5.74, 6) is -1.56. The van der Waals surface area contributed by atoms with Crippen LogP contribution in [0.3, 0.4) is 0 Å². The molecule has 0 saturated carbocycles. The lowest BCUT2D eigenvalue weighted by molar-refractivity contribution is -0.138. The number of fused-ring (bicyclic) bond motifs is 1. The van der Waals surface area contributed by atoms with Crippen molar-refractivity contribution in [1.29, 1.82) is 0 Å². The summed E-state index contributed by atoms with van der Waals surface area (Å²) in [6.07, 6.45) is 1.39. The first kappa shape index (κ1) is 25.0. The first-order valence-electron chi connectivity index (χ1n) is 11.4. The molecule has 4 rings (SSSR count). The number of aryl methyl sites for hydroxylation is 1. The molecule has 0 unspecified atom stereocenters. The SMILES string of the molecule is CC(=O)c1cn(CC(=O)N2C[C@@](F)(CN)C[C@H]2C(=O)CCc2cccc(Cl)c2F)c2ccccc12. The number of Topliss-reactive ketones (excluding diaryl/α,β-unsaturated/α-hetero) is 2. The lowest BCUT2D eigenvalue weighted by Crippen LogP contribution is -2.43. The van der Waals surface area contributed by atoms with E-state index >= 15 is 4.39 Å². The van der Waals surface area contributed by atoms with E-state index < -0.39 is 23.4 Å². The van der Waals surface area contributed by atoms with Gasteiger partial charge in [-0.2, -0.15) is 0 Å². The highest BCUT2D eigenvalue weighted by molar-refractivity contribution is 6.30. The summed E-state index contributed by atoms with van der Waals surface area (Å²) in [6.45, 7) is 0.652. The van der Waals surface area contributed by atoms with Gasteiger partial charge in [0.15, 0.2) is 11.6 Å². The largest absolute Gasteiger partial charge is 0.337 e. The summed E-state index contributed by atoms with van der Waals surface area (Å²) in [5.41, 5.74) is 5.19. The second-order valence-corrected chi connectivity index (χ2v) is 9.43. The lowest BCUT2D eigenvalue weighted by Gasteiger charge is -2.24. The molecule has 2 aromatic carbocycles. The number of amides is 1. The molecule has 2 N–H and O–H groups in total. The highest BCUT2D eigenvalue weighted by Crippen LogP contribution is 2.32. The molecule has 0 radical (unpaired) electrons. The molecule has 2 atom stereocenters. The van der Waals surface area contributed by atoms with Crippen molar-refractivity contribution in [3.05, 3.63) is 70.6 Å². The number of carbonyl (C=O) groups is 3. The normalized spacial score (nSPS) is 19.9. The van der Waals surface area contributed by atoms with Crippen molar-refractivity contribution in [2.45, 2.75) is 44.4 Å². The van der Waals surface area contributed by atoms with Crippen molar-refractivity contribution < 1.29 is 23.2 Å². The van der Waals surface area contributed by atoms with Crippen LogP contribution in [-0.2, 0) is 22.6 Å². The standard InChI is InChI=1S/C26H26ClF2N3O3/c1-16(33)19-12-31(21-8-3-2-6-18(19)21)13-24(35)32-15-26(29,14-30)11-22(32)23(34)10-9-17-5-4-7-20(27)25(17)28/h2-8,12,22H,9-11,13-15,30H2,1H3/t22-,26-/m0/s1. The average Bonchev–Trinajstić information content (AvgIpc) is 3.39. The Morgan fingerprint density at radius 3 is 2.63 bits per heavy atom. The molecule has 1 aromatic heterocycles. The van der Waals surface area contributed by atoms with E-state index in [1.807, 2.05) is 0 Å². The Bertz CT molecular complexity index is 1310. The second kappa shape index (κ2) is 9.87. The molecule has 1 fully saturated rings. The van der Waals surface area contributed by atoms with Gasteiger partial charge in [0.25, 0.3) is 0 Å². The highest BCUT2D eigenvalue weighted by atomic mass is 35.5. The summed E-state index contributed by atoms with van der Waals surface area (Å²) in [6, 6.07) is 10.7. The zero-order valence-electron chi connectivity index (χ0n) is 19.3. The number of halogens is 3. The van der Waals surface area contributed by atoms with Crippen molar-refractivity contribution >= 4 is 40.0 Å². The fourth-order valence-electron chi connectivity index (χ4n) is 4.69. The third-order valence-corrected chi connectivity index (χ3v) is 6.88. The summed E-state index contributed by atoms with van der Waals surface area (Å²) in [5, 5.41) is 0.676. The minimum Gasteiger partial charge on any atom is -0.337 e. The Kier molecular flexibility index (Phi) is 7.05. The van der Waals surface area contributed by atoms with Crippen LogP contribution in [0.1, 0.15) is 35.7 Å². The van der Waals surface area contributed by atoms with Crippen LogP contribution in [0.4, 0.5) is 8.78 Å². The van der Waals surface area contributed by atoms with Crippen molar-refractivity contribution in [1.82, 2.24) is 9.47 Å². The number of likely N-dealkylation sites (tertiary alicyclic amines) is 1. The fourth-order valence-corrected chi connectivity index (χ4v) is 4.89. The quantitative estimate of drug-likeness (QED) is 0.471. The Morgan fingerprint density at radius 2 is 1.91 bits per heavy atom. The van der Waals surface area contributed by atoms with E-state index in [4.69, 9.17) is 17.3 Å². The van der Waals surface area contributed by atoms with Gasteiger partial charge in [0.1, 0.15) is 18.0 Å². The molecule has 1 amide bonds.